The van der Waals surface area contributed by atoms with E-state index in [1.54, 1.807) is 24.4 Å². The van der Waals surface area contributed by atoms with E-state index in [9.17, 15) is 18.3 Å². The minimum Gasteiger partial charge on any atom is -0.481 e. The van der Waals surface area contributed by atoms with Crippen LogP contribution in [0.3, 0.4) is 0 Å². The second-order valence-corrected chi connectivity index (χ2v) is 10.7. The van der Waals surface area contributed by atoms with Crippen LogP contribution in [0.2, 0.25) is 0 Å². The lowest BCUT2D eigenvalue weighted by molar-refractivity contribution is -0.137. The summed E-state index contributed by atoms with van der Waals surface area (Å²) in [4.78, 5) is 12.1. The van der Waals surface area contributed by atoms with Gasteiger partial charge in [0, 0.05) is 25.2 Å². The van der Waals surface area contributed by atoms with Crippen molar-refractivity contribution in [1.29, 1.82) is 0 Å². The molecule has 0 radical (unpaired) electrons. The van der Waals surface area contributed by atoms with Crippen LogP contribution in [0.15, 0.2) is 65.7 Å². The van der Waals surface area contributed by atoms with Gasteiger partial charge in [-0.3, -0.25) is 4.79 Å². The number of fused-ring (bicyclic) bond motifs is 2. The van der Waals surface area contributed by atoms with Crippen molar-refractivity contribution in [2.75, 3.05) is 6.54 Å². The largest absolute Gasteiger partial charge is 0.481 e. The monoisotopic (exact) mass is 491 g/mol. The third-order valence-corrected chi connectivity index (χ3v) is 8.52. The molecular formula is C25H25N5O4S. The van der Waals surface area contributed by atoms with Crippen LogP contribution in [0.1, 0.15) is 46.6 Å². The number of pyridine rings is 1. The van der Waals surface area contributed by atoms with E-state index in [0.717, 1.165) is 34.2 Å². The molecule has 0 saturated carbocycles. The minimum atomic E-state index is -3.64. The first-order valence-corrected chi connectivity index (χ1v) is 12.8. The molecule has 2 aromatic heterocycles. The molecule has 0 bridgehead atoms. The van der Waals surface area contributed by atoms with Crippen LogP contribution in [-0.4, -0.2) is 50.4 Å². The lowest BCUT2D eigenvalue weighted by atomic mass is 9.87. The number of benzene rings is 2. The van der Waals surface area contributed by atoms with Crippen molar-refractivity contribution in [3.63, 3.8) is 0 Å². The number of tetrazole rings is 1. The summed E-state index contributed by atoms with van der Waals surface area (Å²) in [5, 5.41) is 21.1. The lowest BCUT2D eigenvalue weighted by Gasteiger charge is -2.23. The molecule has 1 unspecified atom stereocenters. The van der Waals surface area contributed by atoms with Gasteiger partial charge >= 0.3 is 5.97 Å². The van der Waals surface area contributed by atoms with Gasteiger partial charge in [-0.15, -0.1) is 5.10 Å². The van der Waals surface area contributed by atoms with Gasteiger partial charge in [0.2, 0.25) is 10.0 Å². The maximum atomic E-state index is 13.5. The zero-order chi connectivity index (χ0) is 24.6. The molecule has 1 atom stereocenters. The molecule has 0 aliphatic carbocycles. The molecule has 2 aromatic carbocycles. The number of sulfonamides is 1. The first kappa shape index (κ1) is 23.1. The third-order valence-electron chi connectivity index (χ3n) is 6.57. The Bertz CT molecular complexity index is 1520. The van der Waals surface area contributed by atoms with Crippen LogP contribution in [0, 0.1) is 6.92 Å². The van der Waals surface area contributed by atoms with Gasteiger partial charge in [0.15, 0.2) is 5.65 Å². The number of carboxylic acid groups (broad SMARTS) is 1. The summed E-state index contributed by atoms with van der Waals surface area (Å²) >= 11 is 0. The van der Waals surface area contributed by atoms with E-state index in [4.69, 9.17) is 0 Å². The molecule has 0 amide bonds. The Morgan fingerprint density at radius 2 is 1.91 bits per heavy atom. The smallest absolute Gasteiger partial charge is 0.304 e. The Balaban J connectivity index is 1.51. The average Bonchev–Trinajstić information content (AvgIpc) is 3.26. The molecule has 1 aliphatic heterocycles. The molecular weight excluding hydrogens is 466 g/mol. The van der Waals surface area contributed by atoms with Gasteiger partial charge < -0.3 is 5.11 Å². The molecule has 0 saturated heterocycles. The van der Waals surface area contributed by atoms with Gasteiger partial charge in [-0.1, -0.05) is 36.4 Å². The fraction of sp³-hybridized carbons (Fsp3) is 0.280. The van der Waals surface area contributed by atoms with E-state index in [0.29, 0.717) is 23.5 Å². The van der Waals surface area contributed by atoms with Crippen LogP contribution in [-0.2, 0) is 27.8 Å². The van der Waals surface area contributed by atoms with Crippen LogP contribution >= 0.6 is 0 Å². The summed E-state index contributed by atoms with van der Waals surface area (Å²) < 4.78 is 30.0. The summed E-state index contributed by atoms with van der Waals surface area (Å²) in [6.07, 6.45) is 3.04. The predicted molar refractivity (Wildman–Crippen MR) is 128 cm³/mol. The number of aliphatic carboxylic acids is 1. The van der Waals surface area contributed by atoms with Crippen molar-refractivity contribution in [2.24, 2.45) is 0 Å². The Hall–Kier alpha value is -3.63. The number of carboxylic acids is 1. The molecule has 180 valence electrons. The summed E-state index contributed by atoms with van der Waals surface area (Å²) in [7, 11) is -3.64. The average molecular weight is 492 g/mol. The SMILES string of the molecule is Cc1ccc(C(CC(=O)O)c2ccn3nnnc3c2)cc1CN1CCCc2ccccc2S1(=O)=O. The van der Waals surface area contributed by atoms with Crippen molar-refractivity contribution >= 4 is 21.6 Å². The maximum Gasteiger partial charge on any atom is 0.304 e. The van der Waals surface area contributed by atoms with Crippen LogP contribution in [0.4, 0.5) is 0 Å². The van der Waals surface area contributed by atoms with Crippen molar-refractivity contribution < 1.29 is 18.3 Å². The summed E-state index contributed by atoms with van der Waals surface area (Å²) in [5.41, 5.74) is 4.76. The number of carbonyl (C=O) groups is 1. The molecule has 10 heteroatoms. The molecule has 3 heterocycles. The highest BCUT2D eigenvalue weighted by molar-refractivity contribution is 7.89. The summed E-state index contributed by atoms with van der Waals surface area (Å²) in [6, 6.07) is 16.5. The van der Waals surface area contributed by atoms with Crippen LogP contribution in [0.25, 0.3) is 5.65 Å². The summed E-state index contributed by atoms with van der Waals surface area (Å²) in [6.45, 7) is 2.59. The standard InChI is InChI=1S/C25H25N5O4S/c1-17-8-9-19(22(15-25(31)32)20-10-12-30-24(14-20)26-27-28-30)13-21(17)16-29-11-4-6-18-5-2-3-7-23(18)35(29,33)34/h2-3,5,7-10,12-14,22H,4,6,11,15-16H2,1H3,(H,31,32). The van der Waals surface area contributed by atoms with Crippen molar-refractivity contribution in [3.8, 4) is 0 Å². The minimum absolute atomic E-state index is 0.115. The van der Waals surface area contributed by atoms with Gasteiger partial charge in [-0.05, 0) is 76.2 Å². The second kappa shape index (κ2) is 9.20. The number of aryl methyl sites for hydroxylation is 2. The summed E-state index contributed by atoms with van der Waals surface area (Å²) in [5.74, 6) is -1.36. The Morgan fingerprint density at radius 3 is 2.74 bits per heavy atom. The van der Waals surface area contributed by atoms with Crippen molar-refractivity contribution in [2.45, 2.75) is 43.5 Å². The highest BCUT2D eigenvalue weighted by atomic mass is 32.2. The number of hydrogen-bond acceptors (Lipinski definition) is 6. The third kappa shape index (κ3) is 4.54. The molecule has 5 rings (SSSR count). The molecule has 1 N–H and O–H groups in total. The van der Waals surface area contributed by atoms with E-state index in [2.05, 4.69) is 15.5 Å². The Morgan fingerprint density at radius 1 is 1.11 bits per heavy atom. The fourth-order valence-electron chi connectivity index (χ4n) is 4.67. The Kier molecular flexibility index (Phi) is 6.08. The fourth-order valence-corrected chi connectivity index (χ4v) is 6.38. The first-order valence-electron chi connectivity index (χ1n) is 11.4. The molecule has 1 aliphatic rings. The van der Waals surface area contributed by atoms with Crippen molar-refractivity contribution in [3.05, 3.63) is 88.6 Å². The number of aromatic nitrogens is 4. The first-order chi connectivity index (χ1) is 16.8. The second-order valence-electron chi connectivity index (χ2n) is 8.83. The van der Waals surface area contributed by atoms with Gasteiger partial charge in [-0.2, -0.15) is 4.31 Å². The van der Waals surface area contributed by atoms with E-state index in [-0.39, 0.29) is 13.0 Å². The van der Waals surface area contributed by atoms with Gasteiger partial charge in [0.1, 0.15) is 0 Å². The Labute approximate surface area is 203 Å². The van der Waals surface area contributed by atoms with E-state index in [1.807, 2.05) is 43.3 Å². The number of hydrogen-bond donors (Lipinski definition) is 1. The highest BCUT2D eigenvalue weighted by Gasteiger charge is 2.30. The molecule has 0 spiro atoms. The maximum absolute atomic E-state index is 13.5. The van der Waals surface area contributed by atoms with E-state index < -0.39 is 21.9 Å². The van der Waals surface area contributed by atoms with Crippen molar-refractivity contribution in [1.82, 2.24) is 24.3 Å². The van der Waals surface area contributed by atoms with Gasteiger partial charge in [-0.25, -0.2) is 12.9 Å². The highest BCUT2D eigenvalue weighted by Crippen LogP contribution is 2.32. The van der Waals surface area contributed by atoms with Gasteiger partial charge in [0.05, 0.1) is 11.3 Å². The normalized spacial score (nSPS) is 16.5. The molecule has 35 heavy (non-hydrogen) atoms. The van der Waals surface area contributed by atoms with E-state index >= 15 is 0 Å². The predicted octanol–water partition coefficient (Wildman–Crippen LogP) is 3.18. The van der Waals surface area contributed by atoms with Crippen LogP contribution < -0.4 is 0 Å². The topological polar surface area (TPSA) is 118 Å². The zero-order valence-electron chi connectivity index (χ0n) is 19.2. The molecule has 0 fully saturated rings. The lowest BCUT2D eigenvalue weighted by Crippen LogP contribution is -2.31. The number of rotatable bonds is 6. The number of nitrogens with zero attached hydrogens (tertiary/aromatic N) is 5. The van der Waals surface area contributed by atoms with Gasteiger partial charge in [0.25, 0.3) is 0 Å². The quantitative estimate of drug-likeness (QED) is 0.440. The van der Waals surface area contributed by atoms with E-state index in [1.165, 1.54) is 8.82 Å². The van der Waals surface area contributed by atoms with Crippen LogP contribution in [0.5, 0.6) is 0 Å². The zero-order valence-corrected chi connectivity index (χ0v) is 20.0. The molecule has 9 nitrogen and oxygen atoms in total. The molecule has 4 aromatic rings.